The zero-order chi connectivity index (χ0) is 7.97. The van der Waals surface area contributed by atoms with E-state index in [1.54, 1.807) is 0 Å². The predicted molar refractivity (Wildman–Crippen MR) is 36.8 cm³/mol. The molecule has 0 bridgehead atoms. The molecule has 0 saturated carbocycles. The SMILES string of the molecule is n1onc2c1Sc1nonc1S2. The molecule has 0 aliphatic carbocycles. The molecule has 0 saturated heterocycles. The quantitative estimate of drug-likeness (QED) is 0.533. The molecule has 0 fully saturated rings. The summed E-state index contributed by atoms with van der Waals surface area (Å²) in [7, 11) is 0. The average molecular weight is 200 g/mol. The van der Waals surface area contributed by atoms with Gasteiger partial charge in [-0.25, -0.2) is 9.26 Å². The van der Waals surface area contributed by atoms with E-state index < -0.39 is 0 Å². The number of nitrogens with zero attached hydrogens (tertiary/aromatic N) is 4. The first-order valence-corrected chi connectivity index (χ1v) is 4.57. The Kier molecular flexibility index (Phi) is 1.21. The molecule has 0 radical (unpaired) electrons. The molecule has 0 N–H and O–H groups in total. The Morgan fingerprint density at radius 2 is 1.00 bits per heavy atom. The number of fused-ring (bicyclic) bond motifs is 2. The Bertz CT molecular complexity index is 351. The van der Waals surface area contributed by atoms with E-state index in [1.807, 2.05) is 0 Å². The van der Waals surface area contributed by atoms with E-state index in [0.29, 0.717) is 20.1 Å². The van der Waals surface area contributed by atoms with E-state index >= 15 is 0 Å². The van der Waals surface area contributed by atoms with Gasteiger partial charge in [-0.3, -0.25) is 0 Å². The van der Waals surface area contributed by atoms with Crippen molar-refractivity contribution in [1.29, 1.82) is 0 Å². The van der Waals surface area contributed by atoms with Gasteiger partial charge in [-0.1, -0.05) is 0 Å². The first-order chi connectivity index (χ1) is 5.93. The second-order valence-corrected chi connectivity index (χ2v) is 3.91. The summed E-state index contributed by atoms with van der Waals surface area (Å²) >= 11 is 2.68. The summed E-state index contributed by atoms with van der Waals surface area (Å²) in [6, 6.07) is 0. The lowest BCUT2D eigenvalue weighted by atomic mass is 10.9. The molecule has 0 aromatic carbocycles. The molecule has 0 unspecified atom stereocenters. The molecule has 8 heteroatoms. The molecule has 2 aromatic rings. The fraction of sp³-hybridized carbons (Fsp3) is 0. The molecule has 0 atom stereocenters. The summed E-state index contributed by atoms with van der Waals surface area (Å²) in [5, 5.41) is 17.6. The van der Waals surface area contributed by atoms with Gasteiger partial charge in [-0.05, 0) is 44.2 Å². The van der Waals surface area contributed by atoms with Crippen molar-refractivity contribution in [1.82, 2.24) is 20.6 Å². The molecular formula is C4N4O2S2. The van der Waals surface area contributed by atoms with Gasteiger partial charge in [0.15, 0.2) is 20.1 Å². The molecule has 1 aliphatic heterocycles. The fourth-order valence-electron chi connectivity index (χ4n) is 0.778. The van der Waals surface area contributed by atoms with Crippen molar-refractivity contribution in [3.05, 3.63) is 0 Å². The van der Waals surface area contributed by atoms with Crippen molar-refractivity contribution in [3.8, 4) is 0 Å². The fourth-order valence-corrected chi connectivity index (χ4v) is 2.42. The molecule has 12 heavy (non-hydrogen) atoms. The predicted octanol–water partition coefficient (Wildman–Crippen LogP) is 1.07. The van der Waals surface area contributed by atoms with Crippen LogP contribution in [0.5, 0.6) is 0 Å². The highest BCUT2D eigenvalue weighted by molar-refractivity contribution is 8.04. The smallest absolute Gasteiger partial charge is 0.181 e. The average Bonchev–Trinajstić information content (AvgIpc) is 2.64. The van der Waals surface area contributed by atoms with Crippen LogP contribution >= 0.6 is 23.5 Å². The van der Waals surface area contributed by atoms with Crippen LogP contribution in [0.1, 0.15) is 0 Å². The molecule has 60 valence electrons. The standard InChI is InChI=1S/C4N4O2S2/c5-1-2(6-9-5)12-4-3(11-1)7-10-8-4. The summed E-state index contributed by atoms with van der Waals surface area (Å²) in [4.78, 5) is 0. The summed E-state index contributed by atoms with van der Waals surface area (Å²) in [5.74, 6) is 0. The minimum absolute atomic E-state index is 0.711. The minimum atomic E-state index is 0.711. The molecule has 3 rings (SSSR count). The minimum Gasteiger partial charge on any atom is -0.242 e. The Hall–Kier alpha value is -1.02. The summed E-state index contributed by atoms with van der Waals surface area (Å²) in [6.45, 7) is 0. The highest BCUT2D eigenvalue weighted by atomic mass is 32.2. The highest BCUT2D eigenvalue weighted by Gasteiger charge is 2.26. The monoisotopic (exact) mass is 200 g/mol. The van der Waals surface area contributed by atoms with Crippen molar-refractivity contribution in [2.45, 2.75) is 20.1 Å². The van der Waals surface area contributed by atoms with E-state index in [4.69, 9.17) is 0 Å². The molecule has 0 amide bonds. The first-order valence-electron chi connectivity index (χ1n) is 2.94. The maximum absolute atomic E-state index is 4.54. The zero-order valence-electron chi connectivity index (χ0n) is 5.42. The lowest BCUT2D eigenvalue weighted by molar-refractivity contribution is 0.289. The lowest BCUT2D eigenvalue weighted by Gasteiger charge is -2.00. The highest BCUT2D eigenvalue weighted by Crippen LogP contribution is 2.44. The Balaban J connectivity index is 2.15. The third-order valence-electron chi connectivity index (χ3n) is 1.25. The molecule has 3 heterocycles. The van der Waals surface area contributed by atoms with Gasteiger partial charge in [0, 0.05) is 0 Å². The van der Waals surface area contributed by atoms with E-state index in [-0.39, 0.29) is 0 Å². The molecule has 2 aromatic heterocycles. The van der Waals surface area contributed by atoms with Crippen molar-refractivity contribution in [3.63, 3.8) is 0 Å². The summed E-state index contributed by atoms with van der Waals surface area (Å²) in [6.07, 6.45) is 0. The van der Waals surface area contributed by atoms with Crippen LogP contribution in [0, 0.1) is 0 Å². The third-order valence-corrected chi connectivity index (χ3v) is 3.35. The Labute approximate surface area is 74.0 Å². The topological polar surface area (TPSA) is 77.8 Å². The second-order valence-electron chi connectivity index (χ2n) is 1.95. The van der Waals surface area contributed by atoms with Crippen molar-refractivity contribution < 1.29 is 9.26 Å². The van der Waals surface area contributed by atoms with Crippen LogP contribution < -0.4 is 0 Å². The lowest BCUT2D eigenvalue weighted by Crippen LogP contribution is -1.86. The maximum Gasteiger partial charge on any atom is 0.181 e. The van der Waals surface area contributed by atoms with Crippen LogP contribution in [-0.4, -0.2) is 20.6 Å². The van der Waals surface area contributed by atoms with E-state index in [9.17, 15) is 0 Å². The van der Waals surface area contributed by atoms with Crippen LogP contribution in [0.3, 0.4) is 0 Å². The largest absolute Gasteiger partial charge is 0.242 e. The van der Waals surface area contributed by atoms with Gasteiger partial charge in [-0.15, -0.1) is 0 Å². The van der Waals surface area contributed by atoms with Gasteiger partial charge in [-0.2, -0.15) is 0 Å². The zero-order valence-corrected chi connectivity index (χ0v) is 7.05. The first kappa shape index (κ1) is 6.49. The van der Waals surface area contributed by atoms with Gasteiger partial charge in [0.1, 0.15) is 0 Å². The summed E-state index contributed by atoms with van der Waals surface area (Å²) in [5.41, 5.74) is 0. The van der Waals surface area contributed by atoms with Gasteiger partial charge in [0.05, 0.1) is 0 Å². The normalized spacial score (nSPS) is 14.0. The van der Waals surface area contributed by atoms with Crippen LogP contribution in [0.2, 0.25) is 0 Å². The van der Waals surface area contributed by atoms with Gasteiger partial charge in [0.2, 0.25) is 0 Å². The van der Waals surface area contributed by atoms with Crippen molar-refractivity contribution >= 4 is 23.5 Å². The molecule has 1 aliphatic rings. The molecular weight excluding hydrogens is 200 g/mol. The van der Waals surface area contributed by atoms with Gasteiger partial charge < -0.3 is 0 Å². The van der Waals surface area contributed by atoms with E-state index in [2.05, 4.69) is 29.9 Å². The maximum atomic E-state index is 4.54. The van der Waals surface area contributed by atoms with Gasteiger partial charge >= 0.3 is 0 Å². The van der Waals surface area contributed by atoms with Crippen molar-refractivity contribution in [2.75, 3.05) is 0 Å². The van der Waals surface area contributed by atoms with Crippen LogP contribution in [0.15, 0.2) is 29.4 Å². The number of hydrogen-bond donors (Lipinski definition) is 0. The van der Waals surface area contributed by atoms with Crippen LogP contribution in [-0.2, 0) is 0 Å². The number of hydrogen-bond acceptors (Lipinski definition) is 8. The van der Waals surface area contributed by atoms with E-state index in [0.717, 1.165) is 0 Å². The third kappa shape index (κ3) is 0.786. The second kappa shape index (κ2) is 2.23. The van der Waals surface area contributed by atoms with Crippen LogP contribution in [0.25, 0.3) is 0 Å². The van der Waals surface area contributed by atoms with Gasteiger partial charge in [0.25, 0.3) is 0 Å². The Morgan fingerprint density at radius 1 is 0.667 bits per heavy atom. The number of aromatic nitrogens is 4. The number of rotatable bonds is 0. The molecule has 6 nitrogen and oxygen atoms in total. The summed E-state index contributed by atoms with van der Waals surface area (Å²) < 4.78 is 9.08. The van der Waals surface area contributed by atoms with Crippen molar-refractivity contribution in [2.24, 2.45) is 0 Å². The van der Waals surface area contributed by atoms with E-state index in [1.165, 1.54) is 23.5 Å². The molecule has 0 spiro atoms. The Morgan fingerprint density at radius 3 is 1.33 bits per heavy atom. The van der Waals surface area contributed by atoms with Crippen LogP contribution in [0.4, 0.5) is 0 Å².